The molecule has 0 aliphatic rings. The molecule has 0 fully saturated rings. The molecular weight excluding hydrogens is 464 g/mol. The highest BCUT2D eigenvalue weighted by Gasteiger charge is 2.19. The van der Waals surface area contributed by atoms with Crippen LogP contribution >= 0.6 is 27.7 Å². The Morgan fingerprint density at radius 2 is 1.83 bits per heavy atom. The second-order valence-corrected chi connectivity index (χ2v) is 7.69. The Bertz CT molecular complexity index is 1100. The van der Waals surface area contributed by atoms with E-state index < -0.39 is 15.5 Å². The van der Waals surface area contributed by atoms with Crippen LogP contribution in [0.15, 0.2) is 72.5 Å². The standard InChI is InChI=1S/C18H13BrN4O5S/c1-11-2-5-14(6-3-11)29-18-15(19)9-13(28-18)10-20-21-16-7-4-12(22(24)25)8-17(16)23(26)27/h2-10,21H,1H3/b20-10-. The monoisotopic (exact) mass is 476 g/mol. The molecule has 0 saturated carbocycles. The molecule has 9 nitrogen and oxygen atoms in total. The van der Waals surface area contributed by atoms with E-state index in [0.717, 1.165) is 27.1 Å². The van der Waals surface area contributed by atoms with Crippen LogP contribution < -0.4 is 5.43 Å². The molecule has 29 heavy (non-hydrogen) atoms. The van der Waals surface area contributed by atoms with Gasteiger partial charge in [-0.05, 0) is 41.1 Å². The van der Waals surface area contributed by atoms with E-state index in [2.05, 4.69) is 26.5 Å². The van der Waals surface area contributed by atoms with Gasteiger partial charge in [0, 0.05) is 17.0 Å². The molecule has 0 unspecified atom stereocenters. The number of halogens is 1. The number of non-ortho nitro benzene ring substituents is 1. The number of nitrogens with zero attached hydrogens (tertiary/aromatic N) is 3. The average molecular weight is 477 g/mol. The molecule has 0 bridgehead atoms. The molecule has 1 N–H and O–H groups in total. The largest absolute Gasteiger partial charge is 0.447 e. The van der Waals surface area contributed by atoms with Gasteiger partial charge in [-0.2, -0.15) is 5.10 Å². The number of hydrogen-bond donors (Lipinski definition) is 1. The zero-order valence-electron chi connectivity index (χ0n) is 14.9. The third-order valence-corrected chi connectivity index (χ3v) is 5.52. The van der Waals surface area contributed by atoms with Crippen molar-refractivity contribution in [3.05, 3.63) is 84.6 Å². The van der Waals surface area contributed by atoms with E-state index in [1.54, 1.807) is 6.07 Å². The number of hydrogen-bond acceptors (Lipinski definition) is 8. The molecule has 3 aromatic rings. The predicted octanol–water partition coefficient (Wildman–Crippen LogP) is 5.76. The van der Waals surface area contributed by atoms with Crippen molar-refractivity contribution in [2.75, 3.05) is 5.43 Å². The minimum atomic E-state index is -0.718. The Morgan fingerprint density at radius 3 is 2.48 bits per heavy atom. The van der Waals surface area contributed by atoms with Crippen LogP contribution in [-0.2, 0) is 0 Å². The van der Waals surface area contributed by atoms with E-state index in [9.17, 15) is 20.2 Å². The third kappa shape index (κ3) is 5.21. The lowest BCUT2D eigenvalue weighted by Gasteiger charge is -2.01. The van der Waals surface area contributed by atoms with Crippen molar-refractivity contribution in [1.29, 1.82) is 0 Å². The molecule has 0 aliphatic heterocycles. The van der Waals surface area contributed by atoms with Crippen LogP contribution in [0.25, 0.3) is 0 Å². The van der Waals surface area contributed by atoms with Gasteiger partial charge < -0.3 is 4.42 Å². The fourth-order valence-electron chi connectivity index (χ4n) is 2.26. The number of nitro groups is 2. The van der Waals surface area contributed by atoms with Gasteiger partial charge in [0.25, 0.3) is 5.69 Å². The molecule has 3 rings (SSSR count). The lowest BCUT2D eigenvalue weighted by atomic mass is 10.2. The molecule has 2 aromatic carbocycles. The second kappa shape index (κ2) is 8.88. The predicted molar refractivity (Wildman–Crippen MR) is 113 cm³/mol. The fourth-order valence-corrected chi connectivity index (χ4v) is 3.59. The molecule has 0 spiro atoms. The van der Waals surface area contributed by atoms with Gasteiger partial charge >= 0.3 is 5.69 Å². The summed E-state index contributed by atoms with van der Waals surface area (Å²) in [5.41, 5.74) is 2.87. The molecule has 11 heteroatoms. The van der Waals surface area contributed by atoms with Crippen molar-refractivity contribution in [3.8, 4) is 0 Å². The molecule has 1 heterocycles. The molecule has 148 valence electrons. The molecule has 0 amide bonds. The Kier molecular flexibility index (Phi) is 6.29. The van der Waals surface area contributed by atoms with Gasteiger partial charge in [-0.1, -0.05) is 29.5 Å². The van der Waals surface area contributed by atoms with Crippen molar-refractivity contribution in [2.45, 2.75) is 16.9 Å². The lowest BCUT2D eigenvalue weighted by molar-refractivity contribution is -0.393. The van der Waals surface area contributed by atoms with E-state index in [1.807, 2.05) is 31.2 Å². The van der Waals surface area contributed by atoms with Crippen LogP contribution in [0.4, 0.5) is 17.1 Å². The second-order valence-electron chi connectivity index (χ2n) is 5.78. The van der Waals surface area contributed by atoms with Crippen LogP contribution in [0.3, 0.4) is 0 Å². The highest BCUT2D eigenvalue weighted by molar-refractivity contribution is 9.10. The number of furan rings is 1. The number of aryl methyl sites for hydroxylation is 1. The van der Waals surface area contributed by atoms with Crippen molar-refractivity contribution >= 4 is 51.0 Å². The Hall–Kier alpha value is -3.18. The van der Waals surface area contributed by atoms with Gasteiger partial charge in [-0.3, -0.25) is 25.7 Å². The summed E-state index contributed by atoms with van der Waals surface area (Å²) in [7, 11) is 0. The van der Waals surface area contributed by atoms with Crippen molar-refractivity contribution < 1.29 is 14.3 Å². The summed E-state index contributed by atoms with van der Waals surface area (Å²) < 4.78 is 6.46. The van der Waals surface area contributed by atoms with Gasteiger partial charge in [0.05, 0.1) is 26.6 Å². The van der Waals surface area contributed by atoms with Crippen LogP contribution in [0, 0.1) is 27.2 Å². The van der Waals surface area contributed by atoms with Gasteiger partial charge in [-0.25, -0.2) is 0 Å². The quantitative estimate of drug-likeness (QED) is 0.260. The molecule has 0 aliphatic carbocycles. The van der Waals surface area contributed by atoms with Crippen molar-refractivity contribution in [3.63, 3.8) is 0 Å². The first-order chi connectivity index (χ1) is 13.8. The highest BCUT2D eigenvalue weighted by Crippen LogP contribution is 2.35. The summed E-state index contributed by atoms with van der Waals surface area (Å²) in [6, 6.07) is 12.9. The van der Waals surface area contributed by atoms with Crippen LogP contribution in [-0.4, -0.2) is 16.1 Å². The van der Waals surface area contributed by atoms with Gasteiger partial charge in [-0.15, -0.1) is 0 Å². The smallest absolute Gasteiger partial charge is 0.301 e. The molecular formula is C18H13BrN4O5S. The number of nitrogens with one attached hydrogen (secondary N) is 1. The first kappa shape index (κ1) is 20.6. The van der Waals surface area contributed by atoms with E-state index in [0.29, 0.717) is 10.9 Å². The summed E-state index contributed by atoms with van der Waals surface area (Å²) in [4.78, 5) is 21.5. The topological polar surface area (TPSA) is 124 Å². The summed E-state index contributed by atoms with van der Waals surface area (Å²) >= 11 is 4.86. The Labute approximate surface area is 177 Å². The van der Waals surface area contributed by atoms with Crippen molar-refractivity contribution in [1.82, 2.24) is 0 Å². The first-order valence-electron chi connectivity index (χ1n) is 8.09. The summed E-state index contributed by atoms with van der Waals surface area (Å²) in [6.07, 6.45) is 1.36. The summed E-state index contributed by atoms with van der Waals surface area (Å²) in [5, 5.41) is 26.5. The van der Waals surface area contributed by atoms with Gasteiger partial charge in [0.1, 0.15) is 11.4 Å². The summed E-state index contributed by atoms with van der Waals surface area (Å²) in [6.45, 7) is 2.01. The lowest BCUT2D eigenvalue weighted by Crippen LogP contribution is -1.98. The minimum Gasteiger partial charge on any atom is -0.447 e. The van der Waals surface area contributed by atoms with Gasteiger partial charge in [0.15, 0.2) is 5.09 Å². The van der Waals surface area contributed by atoms with Crippen LogP contribution in [0.1, 0.15) is 11.3 Å². The van der Waals surface area contributed by atoms with E-state index in [-0.39, 0.29) is 11.4 Å². The molecule has 0 saturated heterocycles. The average Bonchev–Trinajstić information content (AvgIpc) is 3.02. The molecule has 0 atom stereocenters. The van der Waals surface area contributed by atoms with Crippen LogP contribution in [0.5, 0.6) is 0 Å². The Balaban J connectivity index is 1.73. The Morgan fingerprint density at radius 1 is 1.10 bits per heavy atom. The molecule has 1 aromatic heterocycles. The SMILES string of the molecule is Cc1ccc(Sc2oc(/C=N\Nc3ccc([N+](=O)[O-])cc3[N+](=O)[O-])cc2Br)cc1. The zero-order chi connectivity index (χ0) is 21.0. The highest BCUT2D eigenvalue weighted by atomic mass is 79.9. The first-order valence-corrected chi connectivity index (χ1v) is 9.70. The van der Waals surface area contributed by atoms with E-state index >= 15 is 0 Å². The molecule has 0 radical (unpaired) electrons. The van der Waals surface area contributed by atoms with Crippen molar-refractivity contribution in [2.24, 2.45) is 5.10 Å². The normalized spacial score (nSPS) is 11.0. The number of anilines is 1. The summed E-state index contributed by atoms with van der Waals surface area (Å²) in [5.74, 6) is 0.420. The third-order valence-electron chi connectivity index (χ3n) is 3.67. The number of rotatable bonds is 7. The fraction of sp³-hybridized carbons (Fsp3) is 0.0556. The maximum absolute atomic E-state index is 11.1. The van der Waals surface area contributed by atoms with E-state index in [1.165, 1.54) is 24.0 Å². The number of nitro benzene ring substituents is 2. The maximum atomic E-state index is 11.1. The van der Waals surface area contributed by atoms with Crippen LogP contribution in [0.2, 0.25) is 0 Å². The minimum absolute atomic E-state index is 0.0247. The number of benzene rings is 2. The number of hydrazone groups is 1. The maximum Gasteiger partial charge on any atom is 0.301 e. The van der Waals surface area contributed by atoms with Gasteiger partial charge in [0.2, 0.25) is 0 Å². The zero-order valence-corrected chi connectivity index (χ0v) is 17.3. The van der Waals surface area contributed by atoms with E-state index in [4.69, 9.17) is 4.42 Å².